The summed E-state index contributed by atoms with van der Waals surface area (Å²) in [5.74, 6) is -3.28. The maximum absolute atomic E-state index is 14.7. The molecule has 49 heavy (non-hydrogen) atoms. The number of rotatable bonds is 18. The van der Waals surface area contributed by atoms with Crippen molar-refractivity contribution in [1.29, 1.82) is 0 Å². The van der Waals surface area contributed by atoms with E-state index in [0.29, 0.717) is 54.9 Å². The normalized spacial score (nSPS) is 24.3. The Morgan fingerprint density at radius 2 is 1.82 bits per heavy atom. The lowest BCUT2D eigenvalue weighted by molar-refractivity contribution is -0.160. The molecule has 3 aliphatic heterocycles. The molecule has 2 aromatic rings. The van der Waals surface area contributed by atoms with Gasteiger partial charge in [0.2, 0.25) is 11.8 Å². The largest absolute Gasteiger partial charge is 0.455 e. The van der Waals surface area contributed by atoms with E-state index in [1.807, 2.05) is 30.3 Å². The first-order valence-electron chi connectivity index (χ1n) is 17.2. The Balaban J connectivity index is 1.45. The lowest BCUT2D eigenvalue weighted by Gasteiger charge is -2.37. The predicted molar refractivity (Wildman–Crippen MR) is 187 cm³/mol. The highest BCUT2D eigenvalue weighted by molar-refractivity contribution is 6.34. The molecule has 0 unspecified atom stereocenters. The van der Waals surface area contributed by atoms with Gasteiger partial charge in [0.05, 0.1) is 35.2 Å². The van der Waals surface area contributed by atoms with Crippen molar-refractivity contribution in [3.8, 4) is 0 Å². The van der Waals surface area contributed by atoms with Crippen molar-refractivity contribution >= 4 is 41.0 Å². The van der Waals surface area contributed by atoms with E-state index in [1.54, 1.807) is 41.3 Å². The van der Waals surface area contributed by atoms with Gasteiger partial charge in [-0.05, 0) is 49.8 Å². The van der Waals surface area contributed by atoms with Gasteiger partial charge in [0.25, 0.3) is 5.91 Å². The van der Waals surface area contributed by atoms with Crippen LogP contribution in [-0.4, -0.2) is 77.7 Å². The zero-order valence-corrected chi connectivity index (χ0v) is 28.6. The van der Waals surface area contributed by atoms with Crippen molar-refractivity contribution in [2.45, 2.75) is 75.2 Å². The SMILES string of the molecule is C=CCCC(=O)NC[C@@H](OC(=O)[C@@H]1[C@H]2C(=O)N(CCCCCCO)[C@H](C(=O)N(CC=C)c3ccccc3Cl)[C@]23CC[C@H]1O3)c1ccccc1. The number of fused-ring (bicyclic) bond motifs is 1. The minimum atomic E-state index is -1.23. The number of aliphatic hydroxyl groups excluding tert-OH is 1. The number of carbonyl (C=O) groups is 4. The van der Waals surface area contributed by atoms with E-state index in [4.69, 9.17) is 21.1 Å². The molecule has 3 saturated heterocycles. The Morgan fingerprint density at radius 1 is 1.08 bits per heavy atom. The van der Waals surface area contributed by atoms with Gasteiger partial charge in [0.15, 0.2) is 0 Å². The Morgan fingerprint density at radius 3 is 2.53 bits per heavy atom. The Labute approximate surface area is 293 Å². The number of aliphatic hydroxyl groups is 1. The van der Waals surface area contributed by atoms with Gasteiger partial charge in [-0.2, -0.15) is 0 Å². The van der Waals surface area contributed by atoms with Crippen molar-refractivity contribution < 1.29 is 33.8 Å². The van der Waals surface area contributed by atoms with E-state index >= 15 is 0 Å². The maximum atomic E-state index is 14.7. The third kappa shape index (κ3) is 7.61. The number of esters is 1. The number of halogens is 1. The van der Waals surface area contributed by atoms with Gasteiger partial charge in [-0.3, -0.25) is 19.2 Å². The van der Waals surface area contributed by atoms with Gasteiger partial charge in [-0.25, -0.2) is 0 Å². The van der Waals surface area contributed by atoms with Crippen molar-refractivity contribution in [2.75, 3.05) is 31.1 Å². The number of nitrogens with one attached hydrogen (secondary N) is 1. The number of anilines is 1. The molecule has 0 aromatic heterocycles. The van der Waals surface area contributed by atoms with Crippen LogP contribution in [0.4, 0.5) is 5.69 Å². The molecule has 262 valence electrons. The summed E-state index contributed by atoms with van der Waals surface area (Å²) in [7, 11) is 0. The zero-order valence-electron chi connectivity index (χ0n) is 27.8. The second-order valence-electron chi connectivity index (χ2n) is 12.9. The van der Waals surface area contributed by atoms with Gasteiger partial charge in [-0.15, -0.1) is 13.2 Å². The van der Waals surface area contributed by atoms with Gasteiger partial charge in [0.1, 0.15) is 17.7 Å². The number of unbranched alkanes of at least 4 members (excludes halogenated alkanes) is 3. The number of hydrogen-bond acceptors (Lipinski definition) is 7. The van der Waals surface area contributed by atoms with Crippen molar-refractivity contribution in [1.82, 2.24) is 10.2 Å². The minimum absolute atomic E-state index is 0.0587. The molecule has 0 aliphatic carbocycles. The highest BCUT2D eigenvalue weighted by atomic mass is 35.5. The molecule has 2 bridgehead atoms. The molecule has 6 atom stereocenters. The van der Waals surface area contributed by atoms with Gasteiger partial charge in [0, 0.05) is 26.1 Å². The third-order valence-electron chi connectivity index (χ3n) is 9.82. The first-order valence-corrected chi connectivity index (χ1v) is 17.5. The number of hydrogen-bond donors (Lipinski definition) is 2. The average Bonchev–Trinajstić information content (AvgIpc) is 3.75. The molecule has 0 radical (unpaired) electrons. The van der Waals surface area contributed by atoms with Crippen LogP contribution in [0.25, 0.3) is 0 Å². The van der Waals surface area contributed by atoms with Gasteiger partial charge in [-0.1, -0.05) is 79.1 Å². The van der Waals surface area contributed by atoms with Crippen molar-refractivity contribution in [3.05, 3.63) is 90.5 Å². The minimum Gasteiger partial charge on any atom is -0.455 e. The van der Waals surface area contributed by atoms with Crippen LogP contribution in [-0.2, 0) is 28.7 Å². The molecule has 10 nitrogen and oxygen atoms in total. The summed E-state index contributed by atoms with van der Waals surface area (Å²) in [4.78, 5) is 59.0. The highest BCUT2D eigenvalue weighted by Gasteiger charge is 2.75. The Bertz CT molecular complexity index is 1520. The molecule has 2 aromatic carbocycles. The molecule has 3 fully saturated rings. The quantitative estimate of drug-likeness (QED) is 0.126. The number of allylic oxidation sites excluding steroid dienone is 1. The van der Waals surface area contributed by atoms with Crippen molar-refractivity contribution in [2.24, 2.45) is 11.8 Å². The van der Waals surface area contributed by atoms with Crippen LogP contribution in [0.2, 0.25) is 5.02 Å². The second kappa shape index (κ2) is 16.6. The van der Waals surface area contributed by atoms with Crippen LogP contribution in [0.3, 0.4) is 0 Å². The molecule has 1 spiro atoms. The fourth-order valence-corrected chi connectivity index (χ4v) is 7.82. The van der Waals surface area contributed by atoms with Crippen molar-refractivity contribution in [3.63, 3.8) is 0 Å². The number of benzene rings is 2. The molecule has 0 saturated carbocycles. The Hall–Kier alpha value is -3.99. The number of nitrogens with zero attached hydrogens (tertiary/aromatic N) is 2. The van der Waals surface area contributed by atoms with Crippen LogP contribution in [0.5, 0.6) is 0 Å². The van der Waals surface area contributed by atoms with E-state index in [9.17, 15) is 24.3 Å². The van der Waals surface area contributed by atoms with Gasteiger partial charge < -0.3 is 29.7 Å². The number of para-hydroxylation sites is 1. The standard InChI is InChI=1S/C38H46ClN3O7/c1-3-5-19-31(44)40-25-30(26-15-9-8-10-16-26)48-37(47)32-29-20-21-38(49-29)33(32)35(45)42(23-13-6-7-14-24-43)34(38)36(46)41(22-4-2)28-18-12-11-17-27(28)39/h3-4,8-12,15-18,29-30,32-34,43H,1-2,5-7,13-14,19-25H2,(H,40,44)/t29-,30-,32+,33+,34-,38+/m1/s1. The number of likely N-dealkylation sites (tertiary alicyclic amines) is 1. The molecular weight excluding hydrogens is 646 g/mol. The van der Waals surface area contributed by atoms with Crippen LogP contribution in [0.15, 0.2) is 79.9 Å². The first kappa shape index (κ1) is 36.3. The van der Waals surface area contributed by atoms with Gasteiger partial charge >= 0.3 is 5.97 Å². The monoisotopic (exact) mass is 691 g/mol. The van der Waals surface area contributed by atoms with Crippen LogP contribution in [0.1, 0.15) is 63.0 Å². The smallest absolute Gasteiger partial charge is 0.313 e. The summed E-state index contributed by atoms with van der Waals surface area (Å²) < 4.78 is 12.8. The molecule has 3 aliphatic rings. The fourth-order valence-electron chi connectivity index (χ4n) is 7.58. The van der Waals surface area contributed by atoms with Crippen LogP contribution >= 0.6 is 11.6 Å². The average molecular weight is 692 g/mol. The number of carbonyl (C=O) groups excluding carboxylic acids is 4. The molecule has 3 amide bonds. The zero-order chi connectivity index (χ0) is 35.0. The topological polar surface area (TPSA) is 125 Å². The summed E-state index contributed by atoms with van der Waals surface area (Å²) in [6.45, 7) is 8.12. The summed E-state index contributed by atoms with van der Waals surface area (Å²) >= 11 is 6.57. The summed E-state index contributed by atoms with van der Waals surface area (Å²) in [5.41, 5.74) is -0.0301. The second-order valence-corrected chi connectivity index (χ2v) is 13.3. The van der Waals surface area contributed by atoms with Crippen LogP contribution in [0, 0.1) is 11.8 Å². The lowest BCUT2D eigenvalue weighted by Crippen LogP contribution is -2.56. The number of amides is 3. The van der Waals surface area contributed by atoms with Crippen LogP contribution < -0.4 is 10.2 Å². The summed E-state index contributed by atoms with van der Waals surface area (Å²) in [6.07, 6.45) is 6.39. The molecule has 3 heterocycles. The summed E-state index contributed by atoms with van der Waals surface area (Å²) in [6, 6.07) is 15.2. The predicted octanol–water partition coefficient (Wildman–Crippen LogP) is 5.15. The molecular formula is C38H46ClN3O7. The van der Waals surface area contributed by atoms with E-state index in [2.05, 4.69) is 18.5 Å². The van der Waals surface area contributed by atoms with E-state index in [1.165, 1.54) is 4.90 Å². The van der Waals surface area contributed by atoms with E-state index < -0.39 is 41.7 Å². The number of ether oxygens (including phenoxy) is 2. The Kier molecular flexibility index (Phi) is 12.3. The maximum Gasteiger partial charge on any atom is 0.313 e. The first-order chi connectivity index (χ1) is 23.8. The molecule has 2 N–H and O–H groups in total. The van der Waals surface area contributed by atoms with E-state index in [-0.39, 0.29) is 43.8 Å². The lowest BCUT2D eigenvalue weighted by atomic mass is 9.70. The van der Waals surface area contributed by atoms with E-state index in [0.717, 1.165) is 12.8 Å². The molecule has 11 heteroatoms. The third-order valence-corrected chi connectivity index (χ3v) is 10.1. The highest BCUT2D eigenvalue weighted by Crippen LogP contribution is 2.59. The molecule has 5 rings (SSSR count). The summed E-state index contributed by atoms with van der Waals surface area (Å²) in [5, 5.41) is 12.5. The fraction of sp³-hybridized carbons (Fsp3) is 0.474.